The fourth-order valence-electron chi connectivity index (χ4n) is 2.72. The van der Waals surface area contributed by atoms with Crippen LogP contribution in [0.1, 0.15) is 57.9 Å². The van der Waals surface area contributed by atoms with Crippen LogP contribution in [0, 0.1) is 0 Å². The molecule has 0 bridgehead atoms. The standard InChI is InChI=1S/C18H28O3S.Pb.4H/c1-3-4-5-6-7-8-11-22(19)15(2)12-16-9-10-17-18(13-16)21-14-20-17;;;;;/h9-10,13,15H,3-8,11-12,14H2,1-2H3;;;;;. The van der Waals surface area contributed by atoms with E-state index in [0.717, 1.165) is 30.1 Å². The van der Waals surface area contributed by atoms with E-state index >= 15 is 0 Å². The molecule has 2 atom stereocenters. The topological polar surface area (TPSA) is 35.5 Å². The van der Waals surface area contributed by atoms with Gasteiger partial charge in [-0.3, -0.25) is 4.21 Å². The van der Waals surface area contributed by atoms with Gasteiger partial charge in [-0.15, -0.1) is 0 Å². The summed E-state index contributed by atoms with van der Waals surface area (Å²) in [6.45, 7) is 4.61. The molecule has 0 amide bonds. The molecule has 1 aromatic carbocycles. The van der Waals surface area contributed by atoms with Crippen molar-refractivity contribution in [2.45, 2.75) is 64.0 Å². The Morgan fingerprint density at radius 1 is 1.09 bits per heavy atom. The predicted octanol–water partition coefficient (Wildman–Crippen LogP) is 3.00. The molecule has 5 heteroatoms. The van der Waals surface area contributed by atoms with E-state index < -0.39 is 10.8 Å². The average Bonchev–Trinajstić information content (AvgIpc) is 2.98. The molecular weight excluding hydrogens is 503 g/mol. The van der Waals surface area contributed by atoms with Crippen LogP contribution < -0.4 is 9.47 Å². The molecule has 0 radical (unpaired) electrons. The number of ether oxygens (including phenoxy) is 2. The molecule has 1 aliphatic rings. The van der Waals surface area contributed by atoms with Crippen LogP contribution in [0.15, 0.2) is 18.2 Å². The third-order valence-corrected chi connectivity index (χ3v) is 5.86. The first-order valence-electron chi connectivity index (χ1n) is 8.46. The Balaban J connectivity index is 0.00000264. The second-order valence-corrected chi connectivity index (χ2v) is 8.03. The molecule has 1 aliphatic heterocycles. The van der Waals surface area contributed by atoms with Crippen molar-refractivity contribution in [1.82, 2.24) is 0 Å². The van der Waals surface area contributed by atoms with Crippen molar-refractivity contribution in [3.05, 3.63) is 23.8 Å². The summed E-state index contributed by atoms with van der Waals surface area (Å²) in [6.07, 6.45) is 8.32. The Labute approximate surface area is 163 Å². The van der Waals surface area contributed by atoms with E-state index in [1.807, 2.05) is 18.2 Å². The molecule has 0 saturated heterocycles. The fourth-order valence-corrected chi connectivity index (χ4v) is 3.99. The summed E-state index contributed by atoms with van der Waals surface area (Å²) >= 11 is 0. The maximum absolute atomic E-state index is 12.3. The minimum atomic E-state index is -0.743. The number of unbranched alkanes of at least 4 members (excludes halogenated alkanes) is 5. The minimum absolute atomic E-state index is 0. The van der Waals surface area contributed by atoms with Gasteiger partial charge in [-0.1, -0.05) is 52.0 Å². The van der Waals surface area contributed by atoms with Gasteiger partial charge in [0.1, 0.15) is 0 Å². The second-order valence-electron chi connectivity index (χ2n) is 6.05. The average molecular weight is 536 g/mol. The van der Waals surface area contributed by atoms with E-state index in [-0.39, 0.29) is 32.5 Å². The molecule has 0 aliphatic carbocycles. The molecule has 23 heavy (non-hydrogen) atoms. The van der Waals surface area contributed by atoms with E-state index in [9.17, 15) is 4.21 Å². The molecule has 2 rings (SSSR count). The summed E-state index contributed by atoms with van der Waals surface area (Å²) in [5.41, 5.74) is 1.17. The van der Waals surface area contributed by atoms with Crippen LogP contribution in [0.25, 0.3) is 0 Å². The van der Waals surface area contributed by atoms with Gasteiger partial charge >= 0.3 is 27.3 Å². The number of benzene rings is 1. The molecule has 0 aromatic heterocycles. The Kier molecular flexibility index (Phi) is 10.4. The summed E-state index contributed by atoms with van der Waals surface area (Å²) in [4.78, 5) is 0. The summed E-state index contributed by atoms with van der Waals surface area (Å²) in [5.74, 6) is 2.45. The van der Waals surface area contributed by atoms with Crippen LogP contribution in [-0.4, -0.2) is 49.3 Å². The number of fused-ring (bicyclic) bond motifs is 1. The monoisotopic (exact) mass is 536 g/mol. The van der Waals surface area contributed by atoms with E-state index in [1.54, 1.807) is 0 Å². The van der Waals surface area contributed by atoms with Crippen molar-refractivity contribution >= 4 is 38.1 Å². The first kappa shape index (κ1) is 20.9. The Morgan fingerprint density at radius 3 is 2.57 bits per heavy atom. The maximum atomic E-state index is 12.3. The zero-order chi connectivity index (χ0) is 15.8. The molecule has 0 saturated carbocycles. The quantitative estimate of drug-likeness (QED) is 0.342. The normalized spacial score (nSPS) is 15.0. The molecule has 0 fully saturated rings. The Morgan fingerprint density at radius 2 is 1.78 bits per heavy atom. The van der Waals surface area contributed by atoms with Gasteiger partial charge in [0.15, 0.2) is 11.5 Å². The zero-order valence-electron chi connectivity index (χ0n) is 13.8. The molecule has 0 spiro atoms. The van der Waals surface area contributed by atoms with Crippen LogP contribution in [-0.2, 0) is 17.2 Å². The van der Waals surface area contributed by atoms with Gasteiger partial charge in [-0.2, -0.15) is 0 Å². The van der Waals surface area contributed by atoms with Gasteiger partial charge < -0.3 is 9.47 Å². The number of hydrogen-bond acceptors (Lipinski definition) is 3. The van der Waals surface area contributed by atoms with Crippen LogP contribution in [0.5, 0.6) is 11.5 Å². The van der Waals surface area contributed by atoms with E-state index in [1.165, 1.54) is 37.7 Å². The Bertz CT molecular complexity index is 493. The Hall–Kier alpha value is -0.108. The van der Waals surface area contributed by atoms with Crippen molar-refractivity contribution in [2.24, 2.45) is 0 Å². The SMILES string of the molecule is CCCCCCCCS(=O)C(C)Cc1ccc2c(c1)OCO2.[PbH4]. The summed E-state index contributed by atoms with van der Waals surface area (Å²) in [5, 5.41) is 0.191. The molecule has 1 aromatic rings. The molecule has 3 nitrogen and oxygen atoms in total. The third-order valence-electron chi connectivity index (χ3n) is 4.11. The molecule has 1 heterocycles. The van der Waals surface area contributed by atoms with Gasteiger partial charge in [0.05, 0.1) is 0 Å². The first-order chi connectivity index (χ1) is 10.7. The molecule has 0 N–H and O–H groups in total. The summed E-state index contributed by atoms with van der Waals surface area (Å²) in [7, 11) is -0.743. The fraction of sp³-hybridized carbons (Fsp3) is 0.667. The van der Waals surface area contributed by atoms with Gasteiger partial charge in [0, 0.05) is 21.8 Å². The van der Waals surface area contributed by atoms with Crippen LogP contribution >= 0.6 is 0 Å². The summed E-state index contributed by atoms with van der Waals surface area (Å²) in [6, 6.07) is 6.01. The van der Waals surface area contributed by atoms with Crippen molar-refractivity contribution in [2.75, 3.05) is 12.5 Å². The zero-order valence-corrected chi connectivity index (χ0v) is 14.6. The molecular formula is C18H32O3PbS. The van der Waals surface area contributed by atoms with Crippen molar-refractivity contribution in [3.63, 3.8) is 0 Å². The summed E-state index contributed by atoms with van der Waals surface area (Å²) < 4.78 is 23.0. The van der Waals surface area contributed by atoms with Gasteiger partial charge in [0.2, 0.25) is 6.79 Å². The van der Waals surface area contributed by atoms with Gasteiger partial charge in [-0.25, -0.2) is 0 Å². The van der Waals surface area contributed by atoms with Gasteiger partial charge in [-0.05, 0) is 30.5 Å². The van der Waals surface area contributed by atoms with Crippen LogP contribution in [0.4, 0.5) is 0 Å². The molecule has 2 unspecified atom stereocenters. The van der Waals surface area contributed by atoms with Crippen molar-refractivity contribution < 1.29 is 13.7 Å². The van der Waals surface area contributed by atoms with E-state index in [0.29, 0.717) is 6.79 Å². The second kappa shape index (κ2) is 11.4. The van der Waals surface area contributed by atoms with E-state index in [2.05, 4.69) is 13.8 Å². The third kappa shape index (κ3) is 7.12. The van der Waals surface area contributed by atoms with Gasteiger partial charge in [0.25, 0.3) is 0 Å². The van der Waals surface area contributed by atoms with Crippen molar-refractivity contribution in [3.8, 4) is 11.5 Å². The first-order valence-corrected chi connectivity index (χ1v) is 9.84. The van der Waals surface area contributed by atoms with Crippen LogP contribution in [0.3, 0.4) is 0 Å². The predicted molar refractivity (Wildman–Crippen MR) is 103 cm³/mol. The van der Waals surface area contributed by atoms with E-state index in [4.69, 9.17) is 9.47 Å². The number of rotatable bonds is 10. The van der Waals surface area contributed by atoms with Crippen LogP contribution in [0.2, 0.25) is 0 Å². The van der Waals surface area contributed by atoms with Crippen molar-refractivity contribution in [1.29, 1.82) is 0 Å². The number of hydrogen-bond donors (Lipinski definition) is 0. The molecule has 132 valence electrons.